The van der Waals surface area contributed by atoms with Crippen molar-refractivity contribution < 1.29 is 9.53 Å². The molecule has 0 heterocycles. The van der Waals surface area contributed by atoms with Crippen molar-refractivity contribution >= 4 is 6.09 Å². The van der Waals surface area contributed by atoms with Gasteiger partial charge in [0.2, 0.25) is 0 Å². The number of carbonyl (C=O) groups excluding carboxylic acids is 1. The van der Waals surface area contributed by atoms with E-state index in [1.807, 2.05) is 0 Å². The zero-order valence-corrected chi connectivity index (χ0v) is 7.30. The van der Waals surface area contributed by atoms with Gasteiger partial charge < -0.3 is 10.5 Å². The Kier molecular flexibility index (Phi) is 5.61. The second-order valence-corrected chi connectivity index (χ2v) is 2.64. The Hall–Kier alpha value is -0.730. The summed E-state index contributed by atoms with van der Waals surface area (Å²) < 4.78 is 4.87. The van der Waals surface area contributed by atoms with Gasteiger partial charge in [0, 0.05) is 0 Å². The molecule has 0 aromatic rings. The normalized spacial score (nSPS) is 10.1. The summed E-state index contributed by atoms with van der Waals surface area (Å²) in [7, 11) is 0. The minimum atomic E-state index is -0.656. The van der Waals surface area contributed by atoms with Crippen LogP contribution >= 0.6 is 0 Å². The fourth-order valence-electron chi connectivity index (χ4n) is 1.07. The molecule has 0 saturated carbocycles. The van der Waals surface area contributed by atoms with Crippen molar-refractivity contribution in [3.63, 3.8) is 0 Å². The number of hydrogen-bond donors (Lipinski definition) is 1. The van der Waals surface area contributed by atoms with Crippen LogP contribution < -0.4 is 5.73 Å². The van der Waals surface area contributed by atoms with Gasteiger partial charge in [-0.15, -0.1) is 0 Å². The molecule has 0 bridgehead atoms. The minimum Gasteiger partial charge on any atom is -0.446 e. The van der Waals surface area contributed by atoms with Gasteiger partial charge in [-0.05, 0) is 12.8 Å². The lowest BCUT2D eigenvalue weighted by Gasteiger charge is -2.13. The van der Waals surface area contributed by atoms with Gasteiger partial charge >= 0.3 is 6.09 Å². The molecule has 0 rings (SSSR count). The maximum atomic E-state index is 10.4. The Morgan fingerprint density at radius 1 is 1.36 bits per heavy atom. The van der Waals surface area contributed by atoms with Crippen molar-refractivity contribution in [1.29, 1.82) is 0 Å². The molecule has 3 heteroatoms. The Balaban J connectivity index is 3.59. The first-order valence-corrected chi connectivity index (χ1v) is 4.16. The summed E-state index contributed by atoms with van der Waals surface area (Å²) in [5.74, 6) is 0. The molecule has 0 aromatic heterocycles. The van der Waals surface area contributed by atoms with Gasteiger partial charge in [-0.3, -0.25) is 0 Å². The molecule has 0 aromatic carbocycles. The molecule has 0 aliphatic rings. The quantitative estimate of drug-likeness (QED) is 0.667. The number of carbonyl (C=O) groups is 1. The molecule has 3 nitrogen and oxygen atoms in total. The summed E-state index contributed by atoms with van der Waals surface area (Å²) in [4.78, 5) is 10.4. The summed E-state index contributed by atoms with van der Waals surface area (Å²) in [6.45, 7) is 4.13. The number of ether oxygens (including phenoxy) is 1. The molecule has 0 unspecified atom stereocenters. The summed E-state index contributed by atoms with van der Waals surface area (Å²) >= 11 is 0. The smallest absolute Gasteiger partial charge is 0.404 e. The van der Waals surface area contributed by atoms with E-state index in [-0.39, 0.29) is 6.10 Å². The van der Waals surface area contributed by atoms with E-state index in [1.54, 1.807) is 0 Å². The molecular formula is C8H17NO2. The highest BCUT2D eigenvalue weighted by Gasteiger charge is 2.08. The molecule has 1 amide bonds. The van der Waals surface area contributed by atoms with E-state index < -0.39 is 6.09 Å². The highest BCUT2D eigenvalue weighted by atomic mass is 16.6. The van der Waals surface area contributed by atoms with Crippen LogP contribution in [-0.2, 0) is 4.74 Å². The van der Waals surface area contributed by atoms with Crippen LogP contribution in [0.5, 0.6) is 0 Å². The number of hydrogen-bond acceptors (Lipinski definition) is 2. The third-order valence-electron chi connectivity index (χ3n) is 1.50. The molecule has 66 valence electrons. The molecule has 0 spiro atoms. The van der Waals surface area contributed by atoms with E-state index in [2.05, 4.69) is 13.8 Å². The van der Waals surface area contributed by atoms with E-state index in [1.165, 1.54) is 0 Å². The first kappa shape index (κ1) is 10.3. The highest BCUT2D eigenvalue weighted by molar-refractivity contribution is 5.64. The maximum absolute atomic E-state index is 10.4. The average Bonchev–Trinajstić information content (AvgIpc) is 1.87. The van der Waals surface area contributed by atoms with Crippen LogP contribution in [0.4, 0.5) is 4.79 Å². The molecule has 0 saturated heterocycles. The van der Waals surface area contributed by atoms with Gasteiger partial charge in [-0.1, -0.05) is 26.7 Å². The molecule has 2 N–H and O–H groups in total. The number of nitrogens with two attached hydrogens (primary N) is 1. The van der Waals surface area contributed by atoms with Crippen LogP contribution in [-0.4, -0.2) is 12.2 Å². The van der Waals surface area contributed by atoms with Crippen LogP contribution in [0.15, 0.2) is 0 Å². The second-order valence-electron chi connectivity index (χ2n) is 2.64. The third-order valence-corrected chi connectivity index (χ3v) is 1.50. The minimum absolute atomic E-state index is 0.0301. The number of primary amides is 1. The number of rotatable bonds is 5. The van der Waals surface area contributed by atoms with E-state index in [0.717, 1.165) is 25.7 Å². The summed E-state index contributed by atoms with van der Waals surface area (Å²) in [6, 6.07) is 0. The predicted octanol–water partition coefficient (Wildman–Crippen LogP) is 2.05. The Morgan fingerprint density at radius 3 is 2.09 bits per heavy atom. The summed E-state index contributed by atoms with van der Waals surface area (Å²) in [6.07, 6.45) is 3.25. The van der Waals surface area contributed by atoms with Crippen molar-refractivity contribution in [2.24, 2.45) is 5.73 Å². The van der Waals surface area contributed by atoms with Crippen molar-refractivity contribution in [2.45, 2.75) is 45.6 Å². The lowest BCUT2D eigenvalue weighted by molar-refractivity contribution is 0.0949. The van der Waals surface area contributed by atoms with E-state index in [0.29, 0.717) is 0 Å². The third kappa shape index (κ3) is 5.70. The van der Waals surface area contributed by atoms with Crippen molar-refractivity contribution in [1.82, 2.24) is 0 Å². The fraction of sp³-hybridized carbons (Fsp3) is 0.875. The summed E-state index contributed by atoms with van der Waals surface area (Å²) in [5.41, 5.74) is 4.89. The highest BCUT2D eigenvalue weighted by Crippen LogP contribution is 2.08. The lowest BCUT2D eigenvalue weighted by Crippen LogP contribution is -2.22. The first-order chi connectivity index (χ1) is 5.20. The van der Waals surface area contributed by atoms with E-state index in [9.17, 15) is 4.79 Å². The largest absolute Gasteiger partial charge is 0.446 e. The van der Waals surface area contributed by atoms with E-state index in [4.69, 9.17) is 10.5 Å². The van der Waals surface area contributed by atoms with Gasteiger partial charge in [0.1, 0.15) is 6.10 Å². The van der Waals surface area contributed by atoms with Gasteiger partial charge in [0.05, 0.1) is 0 Å². The Bertz CT molecular complexity index is 109. The molecule has 0 atom stereocenters. The molecule has 11 heavy (non-hydrogen) atoms. The van der Waals surface area contributed by atoms with Crippen LogP contribution in [0, 0.1) is 0 Å². The molecular weight excluding hydrogens is 142 g/mol. The van der Waals surface area contributed by atoms with E-state index >= 15 is 0 Å². The average molecular weight is 159 g/mol. The maximum Gasteiger partial charge on any atom is 0.404 e. The monoisotopic (exact) mass is 159 g/mol. The first-order valence-electron chi connectivity index (χ1n) is 4.16. The van der Waals surface area contributed by atoms with Crippen LogP contribution in [0.1, 0.15) is 39.5 Å². The number of amides is 1. The standard InChI is InChI=1S/C8H17NO2/c1-3-5-7(6-4-2)11-8(9)10/h7H,3-6H2,1-2H3,(H2,9,10). The predicted molar refractivity (Wildman–Crippen MR) is 44.3 cm³/mol. The molecule has 0 radical (unpaired) electrons. The van der Waals surface area contributed by atoms with Crippen LogP contribution in [0.2, 0.25) is 0 Å². The topological polar surface area (TPSA) is 52.3 Å². The second kappa shape index (κ2) is 6.01. The van der Waals surface area contributed by atoms with Crippen LogP contribution in [0.25, 0.3) is 0 Å². The zero-order chi connectivity index (χ0) is 8.69. The SMILES string of the molecule is CCCC(CCC)OC(N)=O. The Labute approximate surface area is 67.9 Å². The van der Waals surface area contributed by atoms with Gasteiger partial charge in [-0.2, -0.15) is 0 Å². The van der Waals surface area contributed by atoms with Gasteiger partial charge in [0.25, 0.3) is 0 Å². The van der Waals surface area contributed by atoms with Gasteiger partial charge in [0.15, 0.2) is 0 Å². The molecule has 0 aliphatic heterocycles. The van der Waals surface area contributed by atoms with Gasteiger partial charge in [-0.25, -0.2) is 4.79 Å². The zero-order valence-electron chi connectivity index (χ0n) is 7.30. The van der Waals surface area contributed by atoms with Crippen molar-refractivity contribution in [2.75, 3.05) is 0 Å². The molecule has 0 fully saturated rings. The van der Waals surface area contributed by atoms with Crippen LogP contribution in [0.3, 0.4) is 0 Å². The molecule has 0 aliphatic carbocycles. The Morgan fingerprint density at radius 2 is 1.82 bits per heavy atom. The fourth-order valence-corrected chi connectivity index (χ4v) is 1.07. The van der Waals surface area contributed by atoms with Crippen molar-refractivity contribution in [3.05, 3.63) is 0 Å². The lowest BCUT2D eigenvalue weighted by atomic mass is 10.1. The summed E-state index contributed by atoms with van der Waals surface area (Å²) in [5, 5.41) is 0. The van der Waals surface area contributed by atoms with Crippen molar-refractivity contribution in [3.8, 4) is 0 Å².